The van der Waals surface area contributed by atoms with Gasteiger partial charge in [-0.05, 0) is 30.9 Å². The fraction of sp³-hybridized carbons (Fsp3) is 0.611. The Hall–Kier alpha value is -1.46. The molecule has 1 aromatic rings. The Morgan fingerprint density at radius 1 is 1.33 bits per heavy atom. The molecule has 3 N–H and O–H groups in total. The fourth-order valence-electron chi connectivity index (χ4n) is 2.00. The first-order chi connectivity index (χ1) is 11.1. The molecule has 0 heterocycles. The summed E-state index contributed by atoms with van der Waals surface area (Å²) in [6, 6.07) is 3.22. The first kappa shape index (κ1) is 20.6. The summed E-state index contributed by atoms with van der Waals surface area (Å²) < 4.78 is 11.0. The standard InChI is InChI=1S/C18H29ClN2O3/c1-11(2)9-24-16-14(19)7-13(8-15(16)23-6)17(22)21-18(5,10-20)12(3)4/h7-8,11-12H,9-10,20H2,1-6H3,(H,21,22). The van der Waals surface area contributed by atoms with Crippen molar-refractivity contribution in [2.45, 2.75) is 40.2 Å². The highest BCUT2D eigenvalue weighted by molar-refractivity contribution is 6.32. The van der Waals surface area contributed by atoms with Crippen LogP contribution in [0.1, 0.15) is 45.0 Å². The van der Waals surface area contributed by atoms with Crippen molar-refractivity contribution in [2.24, 2.45) is 17.6 Å². The summed E-state index contributed by atoms with van der Waals surface area (Å²) in [5, 5.41) is 3.33. The number of carbonyl (C=O) groups is 1. The van der Waals surface area contributed by atoms with E-state index in [1.54, 1.807) is 12.1 Å². The van der Waals surface area contributed by atoms with Crippen LogP contribution in [0, 0.1) is 11.8 Å². The summed E-state index contributed by atoms with van der Waals surface area (Å²) >= 11 is 6.30. The van der Waals surface area contributed by atoms with Crippen molar-refractivity contribution in [1.29, 1.82) is 0 Å². The van der Waals surface area contributed by atoms with Gasteiger partial charge in [-0.15, -0.1) is 0 Å². The lowest BCUT2D eigenvalue weighted by Gasteiger charge is -2.33. The minimum absolute atomic E-state index is 0.192. The molecule has 0 spiro atoms. The first-order valence-electron chi connectivity index (χ1n) is 8.17. The maximum atomic E-state index is 12.6. The van der Waals surface area contributed by atoms with Crippen LogP contribution in [0.4, 0.5) is 0 Å². The molecule has 0 radical (unpaired) electrons. The third kappa shape index (κ3) is 5.02. The van der Waals surface area contributed by atoms with Crippen LogP contribution in [0.2, 0.25) is 5.02 Å². The highest BCUT2D eigenvalue weighted by atomic mass is 35.5. The van der Waals surface area contributed by atoms with Gasteiger partial charge in [0.25, 0.3) is 5.91 Å². The SMILES string of the molecule is COc1cc(C(=O)NC(C)(CN)C(C)C)cc(Cl)c1OCC(C)C. The molecule has 0 saturated heterocycles. The van der Waals surface area contributed by atoms with Crippen molar-refractivity contribution in [2.75, 3.05) is 20.3 Å². The van der Waals surface area contributed by atoms with Crippen molar-refractivity contribution in [3.05, 3.63) is 22.7 Å². The molecule has 24 heavy (non-hydrogen) atoms. The van der Waals surface area contributed by atoms with Gasteiger partial charge in [0.1, 0.15) is 0 Å². The first-order valence-corrected chi connectivity index (χ1v) is 8.55. The molecule has 0 aliphatic heterocycles. The number of amides is 1. The second-order valence-electron chi connectivity index (χ2n) is 6.92. The second-order valence-corrected chi connectivity index (χ2v) is 7.33. The largest absolute Gasteiger partial charge is 0.493 e. The van der Waals surface area contributed by atoms with Gasteiger partial charge in [-0.2, -0.15) is 0 Å². The van der Waals surface area contributed by atoms with Crippen LogP contribution >= 0.6 is 11.6 Å². The fourth-order valence-corrected chi connectivity index (χ4v) is 2.27. The van der Waals surface area contributed by atoms with Crippen LogP contribution in [0.3, 0.4) is 0 Å². The maximum absolute atomic E-state index is 12.6. The van der Waals surface area contributed by atoms with Crippen LogP contribution in [-0.2, 0) is 0 Å². The van der Waals surface area contributed by atoms with E-state index in [0.29, 0.717) is 41.2 Å². The molecule has 1 aromatic carbocycles. The monoisotopic (exact) mass is 356 g/mol. The third-order valence-corrected chi connectivity index (χ3v) is 4.43. The summed E-state index contributed by atoms with van der Waals surface area (Å²) in [6.07, 6.45) is 0. The van der Waals surface area contributed by atoms with Gasteiger partial charge < -0.3 is 20.5 Å². The number of hydrogen-bond acceptors (Lipinski definition) is 4. The molecule has 6 heteroatoms. The Morgan fingerprint density at radius 3 is 2.42 bits per heavy atom. The average molecular weight is 357 g/mol. The minimum atomic E-state index is -0.496. The number of rotatable bonds is 8. The van der Waals surface area contributed by atoms with E-state index in [-0.39, 0.29) is 11.8 Å². The van der Waals surface area contributed by atoms with E-state index in [4.69, 9.17) is 26.8 Å². The Balaban J connectivity index is 3.09. The number of ether oxygens (including phenoxy) is 2. The summed E-state index contributed by atoms with van der Waals surface area (Å²) in [4.78, 5) is 12.6. The van der Waals surface area contributed by atoms with Gasteiger partial charge in [-0.1, -0.05) is 39.3 Å². The molecule has 136 valence electrons. The number of nitrogens with one attached hydrogen (secondary N) is 1. The molecular formula is C18H29ClN2O3. The van der Waals surface area contributed by atoms with E-state index in [1.807, 2.05) is 34.6 Å². The summed E-state index contributed by atoms with van der Waals surface area (Å²) in [5.41, 5.74) is 5.74. The second kappa shape index (κ2) is 8.58. The van der Waals surface area contributed by atoms with Crippen LogP contribution in [0.25, 0.3) is 0 Å². The molecule has 1 amide bonds. The van der Waals surface area contributed by atoms with E-state index < -0.39 is 5.54 Å². The van der Waals surface area contributed by atoms with Gasteiger partial charge in [-0.3, -0.25) is 4.79 Å². The quantitative estimate of drug-likeness (QED) is 0.747. The van der Waals surface area contributed by atoms with E-state index in [2.05, 4.69) is 5.32 Å². The van der Waals surface area contributed by atoms with Gasteiger partial charge in [0, 0.05) is 12.1 Å². The van der Waals surface area contributed by atoms with Crippen molar-refractivity contribution in [3.63, 3.8) is 0 Å². The predicted octanol–water partition coefficient (Wildman–Crippen LogP) is 3.49. The van der Waals surface area contributed by atoms with Gasteiger partial charge in [0.15, 0.2) is 11.5 Å². The molecule has 0 aliphatic carbocycles. The average Bonchev–Trinajstić information content (AvgIpc) is 2.52. The molecule has 0 aliphatic rings. The topological polar surface area (TPSA) is 73.6 Å². The molecule has 5 nitrogen and oxygen atoms in total. The van der Waals surface area contributed by atoms with Crippen LogP contribution in [-0.4, -0.2) is 31.7 Å². The van der Waals surface area contributed by atoms with Crippen LogP contribution < -0.4 is 20.5 Å². The molecular weight excluding hydrogens is 328 g/mol. The smallest absolute Gasteiger partial charge is 0.251 e. The van der Waals surface area contributed by atoms with E-state index >= 15 is 0 Å². The zero-order chi connectivity index (χ0) is 18.5. The molecule has 1 atom stereocenters. The Bertz CT molecular complexity index is 576. The van der Waals surface area contributed by atoms with E-state index in [9.17, 15) is 4.79 Å². The maximum Gasteiger partial charge on any atom is 0.251 e. The normalized spacial score (nSPS) is 13.8. The lowest BCUT2D eigenvalue weighted by atomic mass is 9.88. The minimum Gasteiger partial charge on any atom is -0.493 e. The Morgan fingerprint density at radius 2 is 1.96 bits per heavy atom. The highest BCUT2D eigenvalue weighted by Gasteiger charge is 2.29. The number of carbonyl (C=O) groups excluding carboxylic acids is 1. The summed E-state index contributed by atoms with van der Waals surface area (Å²) in [6.45, 7) is 10.9. The number of halogens is 1. The van der Waals surface area contributed by atoms with Crippen LogP contribution in [0.15, 0.2) is 12.1 Å². The highest BCUT2D eigenvalue weighted by Crippen LogP contribution is 2.37. The van der Waals surface area contributed by atoms with Gasteiger partial charge in [0.05, 0.1) is 24.3 Å². The van der Waals surface area contributed by atoms with Crippen molar-refractivity contribution >= 4 is 17.5 Å². The van der Waals surface area contributed by atoms with Gasteiger partial charge >= 0.3 is 0 Å². The number of benzene rings is 1. The summed E-state index contributed by atoms with van der Waals surface area (Å²) in [7, 11) is 1.52. The Labute approximate surface area is 149 Å². The predicted molar refractivity (Wildman–Crippen MR) is 98.1 cm³/mol. The molecule has 0 aromatic heterocycles. The molecule has 1 rings (SSSR count). The Kier molecular flexibility index (Phi) is 7.36. The van der Waals surface area contributed by atoms with Crippen molar-refractivity contribution in [1.82, 2.24) is 5.32 Å². The summed E-state index contributed by atoms with van der Waals surface area (Å²) in [5.74, 6) is 1.19. The molecule has 1 unspecified atom stereocenters. The number of methoxy groups -OCH3 is 1. The molecule has 0 fully saturated rings. The van der Waals surface area contributed by atoms with E-state index in [1.165, 1.54) is 7.11 Å². The molecule has 0 saturated carbocycles. The van der Waals surface area contributed by atoms with Crippen molar-refractivity contribution < 1.29 is 14.3 Å². The lowest BCUT2D eigenvalue weighted by molar-refractivity contribution is 0.0882. The van der Waals surface area contributed by atoms with Gasteiger partial charge in [0.2, 0.25) is 0 Å². The zero-order valence-electron chi connectivity index (χ0n) is 15.4. The number of hydrogen-bond donors (Lipinski definition) is 2. The third-order valence-electron chi connectivity index (χ3n) is 4.15. The zero-order valence-corrected chi connectivity index (χ0v) is 16.2. The van der Waals surface area contributed by atoms with Gasteiger partial charge in [-0.25, -0.2) is 0 Å². The van der Waals surface area contributed by atoms with E-state index in [0.717, 1.165) is 0 Å². The lowest BCUT2D eigenvalue weighted by Crippen LogP contribution is -2.55. The number of nitrogens with two attached hydrogens (primary N) is 1. The van der Waals surface area contributed by atoms with Crippen LogP contribution in [0.5, 0.6) is 11.5 Å². The molecule has 0 bridgehead atoms. The van der Waals surface area contributed by atoms with Crippen molar-refractivity contribution in [3.8, 4) is 11.5 Å².